The van der Waals surface area contributed by atoms with E-state index in [4.69, 9.17) is 0 Å². The Morgan fingerprint density at radius 2 is 1.95 bits per heavy atom. The lowest BCUT2D eigenvalue weighted by atomic mass is 10.1. The standard InChI is InChI=1S/C16H17N5/c1-12(14-8-5-9-17-10-14)18-11-15-16(20-21-19-15)13-6-3-2-4-7-13/h2-10,12,18H,11H2,1H3,(H,19,20,21)/t12-/m0/s1. The van der Waals surface area contributed by atoms with Gasteiger partial charge < -0.3 is 5.32 Å². The molecule has 1 aromatic carbocycles. The van der Waals surface area contributed by atoms with E-state index in [0.29, 0.717) is 6.54 Å². The van der Waals surface area contributed by atoms with Crippen molar-refractivity contribution in [2.45, 2.75) is 19.5 Å². The summed E-state index contributed by atoms with van der Waals surface area (Å²) in [5, 5.41) is 14.6. The molecular formula is C16H17N5. The summed E-state index contributed by atoms with van der Waals surface area (Å²) in [6.07, 6.45) is 3.65. The van der Waals surface area contributed by atoms with Crippen LogP contribution in [0.2, 0.25) is 0 Å². The molecule has 2 heterocycles. The Morgan fingerprint density at radius 1 is 1.10 bits per heavy atom. The molecule has 2 aromatic heterocycles. The van der Waals surface area contributed by atoms with E-state index >= 15 is 0 Å². The highest BCUT2D eigenvalue weighted by Crippen LogP contribution is 2.19. The zero-order valence-electron chi connectivity index (χ0n) is 11.8. The van der Waals surface area contributed by atoms with Crippen LogP contribution in [0.4, 0.5) is 0 Å². The van der Waals surface area contributed by atoms with Gasteiger partial charge in [0.15, 0.2) is 0 Å². The maximum absolute atomic E-state index is 4.25. The topological polar surface area (TPSA) is 66.5 Å². The van der Waals surface area contributed by atoms with Gasteiger partial charge in [-0.05, 0) is 18.6 Å². The minimum absolute atomic E-state index is 0.207. The fraction of sp³-hybridized carbons (Fsp3) is 0.188. The summed E-state index contributed by atoms with van der Waals surface area (Å²) in [6, 6.07) is 14.3. The average molecular weight is 279 g/mol. The van der Waals surface area contributed by atoms with Crippen LogP contribution >= 0.6 is 0 Å². The lowest BCUT2D eigenvalue weighted by Crippen LogP contribution is -2.18. The Bertz CT molecular complexity index is 678. The normalized spacial score (nSPS) is 12.2. The second-order valence-electron chi connectivity index (χ2n) is 4.87. The number of hydrogen-bond donors (Lipinski definition) is 2. The predicted octanol–water partition coefficient (Wildman–Crippen LogP) is 2.72. The van der Waals surface area contributed by atoms with Gasteiger partial charge in [-0.2, -0.15) is 15.4 Å². The van der Waals surface area contributed by atoms with Crippen LogP contribution in [-0.2, 0) is 6.54 Å². The molecule has 106 valence electrons. The lowest BCUT2D eigenvalue weighted by Gasteiger charge is -2.13. The van der Waals surface area contributed by atoms with Gasteiger partial charge in [0.05, 0.1) is 0 Å². The highest BCUT2D eigenvalue weighted by atomic mass is 15.3. The van der Waals surface area contributed by atoms with Crippen LogP contribution in [0.1, 0.15) is 24.2 Å². The van der Waals surface area contributed by atoms with Crippen LogP contribution in [0, 0.1) is 0 Å². The molecule has 0 unspecified atom stereocenters. The molecule has 0 amide bonds. The number of hydrogen-bond acceptors (Lipinski definition) is 4. The molecule has 5 nitrogen and oxygen atoms in total. The Hall–Kier alpha value is -2.53. The van der Waals surface area contributed by atoms with Crippen LogP contribution in [0.15, 0.2) is 54.9 Å². The summed E-state index contributed by atoms with van der Waals surface area (Å²) < 4.78 is 0. The third kappa shape index (κ3) is 3.14. The van der Waals surface area contributed by atoms with Crippen molar-refractivity contribution in [2.24, 2.45) is 0 Å². The average Bonchev–Trinajstić information content (AvgIpc) is 3.03. The van der Waals surface area contributed by atoms with Crippen LogP contribution < -0.4 is 5.32 Å². The van der Waals surface area contributed by atoms with Crippen molar-refractivity contribution < 1.29 is 0 Å². The van der Waals surface area contributed by atoms with Gasteiger partial charge in [0.1, 0.15) is 11.4 Å². The van der Waals surface area contributed by atoms with Crippen molar-refractivity contribution in [3.8, 4) is 11.3 Å². The number of nitrogens with one attached hydrogen (secondary N) is 2. The Kier molecular flexibility index (Phi) is 4.02. The third-order valence-corrected chi connectivity index (χ3v) is 3.43. The molecule has 3 rings (SSSR count). The van der Waals surface area contributed by atoms with E-state index in [9.17, 15) is 0 Å². The molecule has 1 atom stereocenters. The zero-order valence-corrected chi connectivity index (χ0v) is 11.8. The van der Waals surface area contributed by atoms with E-state index in [2.05, 4.69) is 38.7 Å². The fourth-order valence-electron chi connectivity index (χ4n) is 2.20. The molecule has 5 heteroatoms. The number of nitrogens with zero attached hydrogens (tertiary/aromatic N) is 3. The molecule has 0 saturated heterocycles. The van der Waals surface area contributed by atoms with E-state index in [1.165, 1.54) is 0 Å². The maximum Gasteiger partial charge on any atom is 0.117 e. The summed E-state index contributed by atoms with van der Waals surface area (Å²) in [4.78, 5) is 4.14. The van der Waals surface area contributed by atoms with E-state index in [-0.39, 0.29) is 6.04 Å². The second kappa shape index (κ2) is 6.28. The summed E-state index contributed by atoms with van der Waals surface area (Å²) in [5.41, 5.74) is 4.03. The summed E-state index contributed by atoms with van der Waals surface area (Å²) in [6.45, 7) is 2.76. The van der Waals surface area contributed by atoms with Crippen LogP contribution in [0.25, 0.3) is 11.3 Å². The van der Waals surface area contributed by atoms with Crippen LogP contribution in [-0.4, -0.2) is 20.4 Å². The van der Waals surface area contributed by atoms with Crippen molar-refractivity contribution in [3.63, 3.8) is 0 Å². The van der Waals surface area contributed by atoms with Crippen LogP contribution in [0.5, 0.6) is 0 Å². The fourth-order valence-corrected chi connectivity index (χ4v) is 2.20. The molecule has 0 spiro atoms. The molecular weight excluding hydrogens is 262 g/mol. The lowest BCUT2D eigenvalue weighted by molar-refractivity contribution is 0.566. The summed E-state index contributed by atoms with van der Waals surface area (Å²) >= 11 is 0. The van der Waals surface area contributed by atoms with Gasteiger partial charge >= 0.3 is 0 Å². The van der Waals surface area contributed by atoms with Gasteiger partial charge in [-0.15, -0.1) is 0 Å². The minimum atomic E-state index is 0.207. The molecule has 0 aliphatic heterocycles. The van der Waals surface area contributed by atoms with Gasteiger partial charge in [-0.3, -0.25) is 4.98 Å². The van der Waals surface area contributed by atoms with Gasteiger partial charge in [0.2, 0.25) is 0 Å². The third-order valence-electron chi connectivity index (χ3n) is 3.43. The molecule has 0 radical (unpaired) electrons. The predicted molar refractivity (Wildman–Crippen MR) is 81.3 cm³/mol. The number of benzene rings is 1. The molecule has 0 saturated carbocycles. The number of aromatic nitrogens is 4. The molecule has 0 bridgehead atoms. The first kappa shape index (κ1) is 13.5. The van der Waals surface area contributed by atoms with E-state index in [1.54, 1.807) is 6.20 Å². The van der Waals surface area contributed by atoms with Crippen LogP contribution in [0.3, 0.4) is 0 Å². The quantitative estimate of drug-likeness (QED) is 0.753. The van der Waals surface area contributed by atoms with E-state index in [0.717, 1.165) is 22.5 Å². The maximum atomic E-state index is 4.25. The van der Waals surface area contributed by atoms with Crippen molar-refractivity contribution in [3.05, 3.63) is 66.1 Å². The van der Waals surface area contributed by atoms with Gasteiger partial charge in [-0.1, -0.05) is 36.4 Å². The SMILES string of the molecule is C[C@H](NCc1n[nH]nc1-c1ccccc1)c1cccnc1. The number of H-pyrrole nitrogens is 1. The summed E-state index contributed by atoms with van der Waals surface area (Å²) in [5.74, 6) is 0. The molecule has 0 aliphatic rings. The number of aromatic amines is 1. The number of rotatable bonds is 5. The van der Waals surface area contributed by atoms with Crippen molar-refractivity contribution >= 4 is 0 Å². The molecule has 3 aromatic rings. The Balaban J connectivity index is 1.71. The molecule has 21 heavy (non-hydrogen) atoms. The molecule has 2 N–H and O–H groups in total. The van der Waals surface area contributed by atoms with Crippen molar-refractivity contribution in [1.29, 1.82) is 0 Å². The monoisotopic (exact) mass is 279 g/mol. The van der Waals surface area contributed by atoms with Crippen molar-refractivity contribution in [1.82, 2.24) is 25.7 Å². The highest BCUT2D eigenvalue weighted by Gasteiger charge is 2.11. The van der Waals surface area contributed by atoms with Gasteiger partial charge in [0.25, 0.3) is 0 Å². The largest absolute Gasteiger partial charge is 0.304 e. The van der Waals surface area contributed by atoms with Crippen molar-refractivity contribution in [2.75, 3.05) is 0 Å². The summed E-state index contributed by atoms with van der Waals surface area (Å²) in [7, 11) is 0. The molecule has 0 fully saturated rings. The van der Waals surface area contributed by atoms with E-state index < -0.39 is 0 Å². The first-order chi connectivity index (χ1) is 10.3. The van der Waals surface area contributed by atoms with Gasteiger partial charge in [-0.25, -0.2) is 0 Å². The minimum Gasteiger partial charge on any atom is -0.304 e. The first-order valence-electron chi connectivity index (χ1n) is 6.93. The Morgan fingerprint density at radius 3 is 2.71 bits per heavy atom. The van der Waals surface area contributed by atoms with Gasteiger partial charge in [0, 0.05) is 30.5 Å². The number of pyridine rings is 1. The zero-order chi connectivity index (χ0) is 14.5. The van der Waals surface area contributed by atoms with E-state index in [1.807, 2.05) is 42.6 Å². The Labute approximate surface area is 123 Å². The smallest absolute Gasteiger partial charge is 0.117 e. The molecule has 0 aliphatic carbocycles. The first-order valence-corrected chi connectivity index (χ1v) is 6.93. The second-order valence-corrected chi connectivity index (χ2v) is 4.87. The highest BCUT2D eigenvalue weighted by molar-refractivity contribution is 5.60.